The van der Waals surface area contributed by atoms with Crippen molar-refractivity contribution in [1.29, 1.82) is 0 Å². The summed E-state index contributed by atoms with van der Waals surface area (Å²) >= 11 is 0. The third-order valence-corrected chi connectivity index (χ3v) is 12.9. The van der Waals surface area contributed by atoms with E-state index in [1.807, 2.05) is 211 Å². The van der Waals surface area contributed by atoms with Crippen LogP contribution in [-0.4, -0.2) is 68.4 Å². The van der Waals surface area contributed by atoms with Crippen LogP contribution >= 0.6 is 0 Å². The van der Waals surface area contributed by atoms with Crippen molar-refractivity contribution in [3.63, 3.8) is 0 Å². The van der Waals surface area contributed by atoms with Crippen LogP contribution in [0, 0.1) is 0 Å². The molecule has 0 aliphatic heterocycles. The van der Waals surface area contributed by atoms with Gasteiger partial charge in [-0.15, -0.1) is 0 Å². The van der Waals surface area contributed by atoms with Gasteiger partial charge >= 0.3 is 14.2 Å². The summed E-state index contributed by atoms with van der Waals surface area (Å²) < 4.78 is 4.00. The van der Waals surface area contributed by atoms with Crippen LogP contribution in [0.1, 0.15) is 0 Å². The van der Waals surface area contributed by atoms with E-state index in [4.69, 9.17) is 24.9 Å². The van der Waals surface area contributed by atoms with Crippen molar-refractivity contribution in [1.82, 2.24) is 34.1 Å². The highest BCUT2D eigenvalue weighted by atomic mass is 16.4. The molecule has 4 aromatic heterocycles. The predicted octanol–water partition coefficient (Wildman–Crippen LogP) is 9.72. The number of benzene rings is 9. The van der Waals surface area contributed by atoms with Gasteiger partial charge in [0.05, 0.1) is 33.3 Å². The van der Waals surface area contributed by atoms with Crippen molar-refractivity contribution in [2.24, 2.45) is 0 Å². The molecule has 0 spiro atoms. The Morgan fingerprint density at radius 3 is 1.29 bits per heavy atom. The molecule has 13 heteroatoms. The van der Waals surface area contributed by atoms with Gasteiger partial charge in [-0.05, 0) is 30.3 Å². The van der Waals surface area contributed by atoms with Gasteiger partial charge in [0.2, 0.25) is 5.95 Å². The monoisotopic (exact) mass is 933 g/mol. The van der Waals surface area contributed by atoms with Gasteiger partial charge in [0.25, 0.3) is 0 Å². The van der Waals surface area contributed by atoms with E-state index < -0.39 is 14.2 Å². The molecule has 0 fully saturated rings. The van der Waals surface area contributed by atoms with E-state index in [2.05, 4.69) is 10.6 Å². The summed E-state index contributed by atoms with van der Waals surface area (Å²) in [5, 5.41) is 45.6. The Balaban J connectivity index is 0.000000151. The minimum Gasteiger partial charge on any atom is -0.423 e. The first-order chi connectivity index (χ1) is 35.4. The van der Waals surface area contributed by atoms with Crippen LogP contribution in [0.15, 0.2) is 224 Å². The van der Waals surface area contributed by atoms with Crippen LogP contribution < -0.4 is 10.9 Å². The van der Waals surface area contributed by atoms with E-state index in [1.54, 1.807) is 12.1 Å². The number of para-hydroxylation sites is 5. The first-order valence-electron chi connectivity index (χ1n) is 23.5. The lowest BCUT2D eigenvalue weighted by atomic mass is 9.79. The second-order valence-corrected chi connectivity index (χ2v) is 17.3. The second kappa shape index (κ2) is 18.7. The molecule has 9 aromatic carbocycles. The lowest BCUT2D eigenvalue weighted by Crippen LogP contribution is -2.31. The van der Waals surface area contributed by atoms with Gasteiger partial charge in [0, 0.05) is 65.8 Å². The molecule has 0 bridgehead atoms. The number of aromatic nitrogens is 7. The highest BCUT2D eigenvalue weighted by Crippen LogP contribution is 2.35. The van der Waals surface area contributed by atoms with Gasteiger partial charge in [0.1, 0.15) is 0 Å². The van der Waals surface area contributed by atoms with Gasteiger partial charge in [0.15, 0.2) is 17.5 Å². The number of hydrogen-bond acceptors (Lipinski definition) is 9. The zero-order chi connectivity index (χ0) is 48.7. The molecule has 0 atom stereocenters. The smallest absolute Gasteiger partial charge is 0.423 e. The molecule has 0 aliphatic carbocycles. The second-order valence-electron chi connectivity index (χ2n) is 17.3. The molecule has 0 saturated heterocycles. The normalized spacial score (nSPS) is 11.3. The molecule has 0 unspecified atom stereocenters. The maximum Gasteiger partial charge on any atom is 0.490 e. The number of hydrogen-bond donors (Lipinski definition) is 4. The molecule has 72 heavy (non-hydrogen) atoms. The van der Waals surface area contributed by atoms with E-state index in [9.17, 15) is 20.1 Å². The van der Waals surface area contributed by atoms with Crippen molar-refractivity contribution in [3.8, 4) is 57.1 Å². The third kappa shape index (κ3) is 7.94. The lowest BCUT2D eigenvalue weighted by molar-refractivity contribution is 0.425. The predicted molar refractivity (Wildman–Crippen MR) is 289 cm³/mol. The number of fused-ring (bicyclic) bond motifs is 7. The summed E-state index contributed by atoms with van der Waals surface area (Å²) in [6, 6.07) is 72.9. The minimum atomic E-state index is -1.61. The Labute approximate surface area is 413 Å². The maximum absolute atomic E-state index is 10.2. The quantitative estimate of drug-likeness (QED) is 0.109. The average molecular weight is 934 g/mol. The molecule has 342 valence electrons. The van der Waals surface area contributed by atoms with E-state index in [0.717, 1.165) is 82.6 Å². The molecule has 0 radical (unpaired) electrons. The summed E-state index contributed by atoms with van der Waals surface area (Å²) in [6.45, 7) is 0. The Morgan fingerprint density at radius 2 is 0.736 bits per heavy atom. The van der Waals surface area contributed by atoms with Crippen LogP contribution in [0.4, 0.5) is 0 Å². The fourth-order valence-electron chi connectivity index (χ4n) is 9.69. The van der Waals surface area contributed by atoms with Crippen LogP contribution in [0.3, 0.4) is 0 Å². The van der Waals surface area contributed by atoms with Crippen LogP contribution in [-0.2, 0) is 0 Å². The Kier molecular flexibility index (Phi) is 11.4. The molecule has 13 rings (SSSR count). The molecule has 0 amide bonds. The van der Waals surface area contributed by atoms with Crippen molar-refractivity contribution in [2.75, 3.05) is 0 Å². The summed E-state index contributed by atoms with van der Waals surface area (Å²) in [7, 11) is -3.23. The maximum atomic E-state index is 10.2. The Morgan fingerprint density at radius 1 is 0.319 bits per heavy atom. The molecule has 0 aliphatic rings. The zero-order valence-corrected chi connectivity index (χ0v) is 38.4. The summed E-state index contributed by atoms with van der Waals surface area (Å²) in [5.41, 5.74) is 10.3. The topological polar surface area (TPSA) is 155 Å². The Hall–Kier alpha value is -9.10. The molecule has 11 nitrogen and oxygen atoms in total. The fourth-order valence-corrected chi connectivity index (χ4v) is 9.69. The van der Waals surface area contributed by atoms with E-state index >= 15 is 0 Å². The summed E-state index contributed by atoms with van der Waals surface area (Å²) in [6.07, 6.45) is 0. The third-order valence-electron chi connectivity index (χ3n) is 12.9. The Bertz CT molecular complexity index is 4080. The number of nitrogens with zero attached hydrogens (tertiary/aromatic N) is 7. The molecule has 13 aromatic rings. The van der Waals surface area contributed by atoms with Crippen LogP contribution in [0.2, 0.25) is 0 Å². The van der Waals surface area contributed by atoms with Gasteiger partial charge in [-0.2, -0.15) is 0 Å². The highest BCUT2D eigenvalue weighted by molar-refractivity contribution is 6.62. The largest absolute Gasteiger partial charge is 0.490 e. The lowest BCUT2D eigenvalue weighted by Gasteiger charge is -2.13. The minimum absolute atomic E-state index is 0.414. The molecule has 4 heterocycles. The van der Waals surface area contributed by atoms with Crippen molar-refractivity contribution in [2.45, 2.75) is 0 Å². The molecular formula is C59H41B2N7O4. The highest BCUT2D eigenvalue weighted by Gasteiger charge is 2.25. The van der Waals surface area contributed by atoms with Gasteiger partial charge < -0.3 is 24.7 Å². The standard InChI is InChI=1S/C33H23BN4O2.C26H18BN3O2/c39-34(40)28-19-10-18-27-26-17-7-8-20-29(26)38(30(27)28)25-16-9-15-24(21-25)33-36-31(22-11-3-1-4-12-22)35-32(37-33)23-13-5-2-6-14-23;31-27(32)21-14-8-13-19-18-11-5-7-16-23(18)30(25(19)21)26-28-22-15-6-4-12-20(22)24(29-26)17-9-2-1-3-10-17/h1-21,39-40H;1-16,31-32H. The van der Waals surface area contributed by atoms with Crippen LogP contribution in [0.5, 0.6) is 0 Å². The first-order valence-corrected chi connectivity index (χ1v) is 23.5. The summed E-state index contributed by atoms with van der Waals surface area (Å²) in [5.74, 6) is 2.23. The van der Waals surface area contributed by atoms with Gasteiger partial charge in [-0.1, -0.05) is 194 Å². The van der Waals surface area contributed by atoms with E-state index in [1.165, 1.54) is 0 Å². The average Bonchev–Trinajstić information content (AvgIpc) is 3.97. The van der Waals surface area contributed by atoms with Crippen molar-refractivity contribution < 1.29 is 20.1 Å². The molecular weight excluding hydrogens is 892 g/mol. The summed E-state index contributed by atoms with van der Waals surface area (Å²) in [4.78, 5) is 24.5. The van der Waals surface area contributed by atoms with Crippen LogP contribution in [0.25, 0.3) is 112 Å². The first kappa shape index (κ1) is 44.1. The molecule has 0 saturated carbocycles. The fraction of sp³-hybridized carbons (Fsp3) is 0. The van der Waals surface area contributed by atoms with E-state index in [0.29, 0.717) is 39.9 Å². The van der Waals surface area contributed by atoms with Crippen molar-refractivity contribution >= 4 is 79.7 Å². The molecule has 4 N–H and O–H groups in total. The van der Waals surface area contributed by atoms with Crippen molar-refractivity contribution in [3.05, 3.63) is 224 Å². The van der Waals surface area contributed by atoms with E-state index in [-0.39, 0.29) is 0 Å². The van der Waals surface area contributed by atoms with Gasteiger partial charge in [-0.3, -0.25) is 4.57 Å². The SMILES string of the molecule is OB(O)c1cccc2c3ccccc3n(-c3cccc(-c4nc(-c5ccccc5)nc(-c5ccccc5)n4)c3)c12.OB(O)c1cccc2c3ccccc3n(-c3nc(-c4ccccc4)c4ccccc4n3)c12. The number of rotatable bonds is 8. The zero-order valence-electron chi connectivity index (χ0n) is 38.4. The van der Waals surface area contributed by atoms with Gasteiger partial charge in [-0.25, -0.2) is 24.9 Å².